The van der Waals surface area contributed by atoms with Crippen LogP contribution in [0.3, 0.4) is 0 Å². The third-order valence-electron chi connectivity index (χ3n) is 3.62. The standard InChI is InChI=1S/C20H16N6O2/c1-13(27)23-15-6-8-17(9-7-15)25-20-22-11-10-18(26-20)19(28)24-16-4-2-14(12-21)3-5-16/h2-11H,1H3,(H,23,27)(H,24,28)(H,22,25,26). The van der Waals surface area contributed by atoms with Crippen LogP contribution in [0.1, 0.15) is 23.0 Å². The molecule has 1 heterocycles. The number of benzene rings is 2. The monoisotopic (exact) mass is 372 g/mol. The SMILES string of the molecule is CC(=O)Nc1ccc(Nc2nccc(C(=O)Nc3ccc(C#N)cc3)n2)cc1. The molecule has 0 fully saturated rings. The molecule has 8 heteroatoms. The van der Waals surface area contributed by atoms with Crippen LogP contribution < -0.4 is 16.0 Å². The molecule has 0 spiro atoms. The van der Waals surface area contributed by atoms with Gasteiger partial charge in [-0.05, 0) is 54.6 Å². The Morgan fingerprint density at radius 2 is 1.50 bits per heavy atom. The van der Waals surface area contributed by atoms with Crippen molar-refractivity contribution in [1.29, 1.82) is 5.26 Å². The number of nitriles is 1. The van der Waals surface area contributed by atoms with E-state index in [1.807, 2.05) is 6.07 Å². The number of hydrogen-bond donors (Lipinski definition) is 3. The number of anilines is 4. The van der Waals surface area contributed by atoms with Gasteiger partial charge in [-0.2, -0.15) is 5.26 Å². The topological polar surface area (TPSA) is 120 Å². The first-order valence-corrected chi connectivity index (χ1v) is 8.33. The van der Waals surface area contributed by atoms with Crippen molar-refractivity contribution in [3.63, 3.8) is 0 Å². The van der Waals surface area contributed by atoms with Crippen molar-refractivity contribution in [3.05, 3.63) is 72.1 Å². The highest BCUT2D eigenvalue weighted by Crippen LogP contribution is 2.17. The number of carbonyl (C=O) groups is 2. The van der Waals surface area contributed by atoms with E-state index in [0.717, 1.165) is 0 Å². The van der Waals surface area contributed by atoms with Crippen molar-refractivity contribution in [1.82, 2.24) is 9.97 Å². The number of rotatable bonds is 5. The summed E-state index contributed by atoms with van der Waals surface area (Å²) in [5, 5.41) is 17.2. The maximum Gasteiger partial charge on any atom is 0.274 e. The maximum atomic E-state index is 12.4. The second-order valence-corrected chi connectivity index (χ2v) is 5.79. The Bertz CT molecular complexity index is 1040. The van der Waals surface area contributed by atoms with Gasteiger partial charge in [0.05, 0.1) is 11.6 Å². The number of nitrogens with one attached hydrogen (secondary N) is 3. The minimum absolute atomic E-state index is 0.148. The van der Waals surface area contributed by atoms with Gasteiger partial charge in [0.25, 0.3) is 5.91 Å². The van der Waals surface area contributed by atoms with E-state index >= 15 is 0 Å². The first-order valence-electron chi connectivity index (χ1n) is 8.33. The summed E-state index contributed by atoms with van der Waals surface area (Å²) in [6, 6.07) is 17.1. The molecule has 28 heavy (non-hydrogen) atoms. The third kappa shape index (κ3) is 4.89. The van der Waals surface area contributed by atoms with Crippen LogP contribution in [0, 0.1) is 11.3 Å². The van der Waals surface area contributed by atoms with E-state index < -0.39 is 5.91 Å². The average Bonchev–Trinajstić information content (AvgIpc) is 2.70. The molecular weight excluding hydrogens is 356 g/mol. The molecule has 0 saturated heterocycles. The lowest BCUT2D eigenvalue weighted by Gasteiger charge is -2.08. The van der Waals surface area contributed by atoms with Crippen LogP contribution in [0.2, 0.25) is 0 Å². The minimum atomic E-state index is -0.392. The van der Waals surface area contributed by atoms with Gasteiger partial charge in [0, 0.05) is 30.2 Å². The van der Waals surface area contributed by atoms with Crippen molar-refractivity contribution < 1.29 is 9.59 Å². The molecule has 0 saturated carbocycles. The fourth-order valence-electron chi connectivity index (χ4n) is 2.34. The Hall–Kier alpha value is -4.25. The number of hydrogen-bond acceptors (Lipinski definition) is 6. The van der Waals surface area contributed by atoms with Crippen molar-refractivity contribution in [2.75, 3.05) is 16.0 Å². The zero-order valence-corrected chi connectivity index (χ0v) is 14.9. The molecule has 3 aromatic rings. The van der Waals surface area contributed by atoms with Gasteiger partial charge in [-0.25, -0.2) is 9.97 Å². The Balaban J connectivity index is 1.68. The van der Waals surface area contributed by atoms with Gasteiger partial charge in [-0.3, -0.25) is 9.59 Å². The van der Waals surface area contributed by atoms with E-state index in [9.17, 15) is 9.59 Å². The quantitative estimate of drug-likeness (QED) is 0.632. The van der Waals surface area contributed by atoms with Crippen LogP contribution in [0.15, 0.2) is 60.8 Å². The van der Waals surface area contributed by atoms with Gasteiger partial charge in [0.2, 0.25) is 11.9 Å². The second kappa shape index (κ2) is 8.42. The third-order valence-corrected chi connectivity index (χ3v) is 3.62. The van der Waals surface area contributed by atoms with E-state index in [2.05, 4.69) is 25.9 Å². The highest BCUT2D eigenvalue weighted by atomic mass is 16.2. The van der Waals surface area contributed by atoms with Gasteiger partial charge >= 0.3 is 0 Å². The fourth-order valence-corrected chi connectivity index (χ4v) is 2.34. The minimum Gasteiger partial charge on any atom is -0.326 e. The zero-order valence-electron chi connectivity index (χ0n) is 14.9. The predicted molar refractivity (Wildman–Crippen MR) is 105 cm³/mol. The highest BCUT2D eigenvalue weighted by molar-refractivity contribution is 6.03. The predicted octanol–water partition coefficient (Wildman–Crippen LogP) is 3.30. The molecule has 3 rings (SSSR count). The van der Waals surface area contributed by atoms with Gasteiger partial charge in [-0.1, -0.05) is 0 Å². The van der Waals surface area contributed by atoms with Crippen LogP contribution in [-0.2, 0) is 4.79 Å². The lowest BCUT2D eigenvalue weighted by atomic mass is 10.2. The number of aromatic nitrogens is 2. The molecule has 8 nitrogen and oxygen atoms in total. The molecule has 0 unspecified atom stereocenters. The average molecular weight is 372 g/mol. The molecule has 1 aromatic heterocycles. The zero-order chi connectivity index (χ0) is 19.9. The Labute approximate surface area is 161 Å². The lowest BCUT2D eigenvalue weighted by molar-refractivity contribution is -0.114. The molecule has 2 aromatic carbocycles. The Morgan fingerprint density at radius 1 is 0.893 bits per heavy atom. The summed E-state index contributed by atoms with van der Waals surface area (Å²) in [4.78, 5) is 31.8. The molecule has 0 atom stereocenters. The normalized spacial score (nSPS) is 9.86. The van der Waals surface area contributed by atoms with Gasteiger partial charge in [0.15, 0.2) is 0 Å². The van der Waals surface area contributed by atoms with Crippen LogP contribution in [0.4, 0.5) is 23.0 Å². The summed E-state index contributed by atoms with van der Waals surface area (Å²) in [5.41, 5.74) is 2.65. The molecule has 0 bridgehead atoms. The van der Waals surface area contributed by atoms with E-state index in [0.29, 0.717) is 22.6 Å². The molecule has 0 aliphatic heterocycles. The van der Waals surface area contributed by atoms with Crippen molar-refractivity contribution in [3.8, 4) is 6.07 Å². The van der Waals surface area contributed by atoms with Gasteiger partial charge in [-0.15, -0.1) is 0 Å². The summed E-state index contributed by atoms with van der Waals surface area (Å²) in [6.07, 6.45) is 1.48. The summed E-state index contributed by atoms with van der Waals surface area (Å²) in [7, 11) is 0. The number of carbonyl (C=O) groups excluding carboxylic acids is 2. The summed E-state index contributed by atoms with van der Waals surface area (Å²) in [5.74, 6) is -0.277. The molecular formula is C20H16N6O2. The van der Waals surface area contributed by atoms with E-state index in [1.54, 1.807) is 48.5 Å². The number of nitrogens with zero attached hydrogens (tertiary/aromatic N) is 3. The first-order chi connectivity index (χ1) is 13.5. The summed E-state index contributed by atoms with van der Waals surface area (Å²) < 4.78 is 0. The summed E-state index contributed by atoms with van der Waals surface area (Å²) in [6.45, 7) is 1.44. The van der Waals surface area contributed by atoms with E-state index in [-0.39, 0.29) is 17.5 Å². The van der Waals surface area contributed by atoms with Crippen molar-refractivity contribution in [2.45, 2.75) is 6.92 Å². The van der Waals surface area contributed by atoms with E-state index in [4.69, 9.17) is 5.26 Å². The largest absolute Gasteiger partial charge is 0.326 e. The number of amides is 2. The van der Waals surface area contributed by atoms with Crippen molar-refractivity contribution in [2.24, 2.45) is 0 Å². The maximum absolute atomic E-state index is 12.4. The van der Waals surface area contributed by atoms with Crippen LogP contribution in [-0.4, -0.2) is 21.8 Å². The first kappa shape index (κ1) is 18.5. The van der Waals surface area contributed by atoms with Crippen LogP contribution in [0.25, 0.3) is 0 Å². The Kier molecular flexibility index (Phi) is 5.58. The highest BCUT2D eigenvalue weighted by Gasteiger charge is 2.10. The molecule has 2 amide bonds. The molecule has 3 N–H and O–H groups in total. The van der Waals surface area contributed by atoms with Crippen molar-refractivity contribution >= 4 is 34.8 Å². The molecule has 0 aliphatic rings. The second-order valence-electron chi connectivity index (χ2n) is 5.79. The van der Waals surface area contributed by atoms with Gasteiger partial charge < -0.3 is 16.0 Å². The smallest absolute Gasteiger partial charge is 0.274 e. The molecule has 0 aliphatic carbocycles. The van der Waals surface area contributed by atoms with Crippen LogP contribution in [0.5, 0.6) is 0 Å². The van der Waals surface area contributed by atoms with Gasteiger partial charge in [0.1, 0.15) is 5.69 Å². The summed E-state index contributed by atoms with van der Waals surface area (Å²) >= 11 is 0. The van der Waals surface area contributed by atoms with E-state index in [1.165, 1.54) is 19.2 Å². The fraction of sp³-hybridized carbons (Fsp3) is 0.0500. The van der Waals surface area contributed by atoms with Crippen LogP contribution >= 0.6 is 0 Å². The lowest BCUT2D eigenvalue weighted by Crippen LogP contribution is -2.14. The molecule has 0 radical (unpaired) electrons. The Morgan fingerprint density at radius 3 is 2.14 bits per heavy atom. The molecule has 138 valence electrons.